The Balaban J connectivity index is 1.80. The van der Waals surface area contributed by atoms with Crippen molar-refractivity contribution in [1.29, 1.82) is 0 Å². The van der Waals surface area contributed by atoms with Gasteiger partial charge in [0.05, 0.1) is 23.3 Å². The second-order valence-electron chi connectivity index (χ2n) is 7.14. The molecule has 6 nitrogen and oxygen atoms in total. The van der Waals surface area contributed by atoms with Gasteiger partial charge in [0.2, 0.25) is 6.17 Å². The molecule has 4 heterocycles. The predicted octanol–water partition coefficient (Wildman–Crippen LogP) is 5.02. The topological polar surface area (TPSA) is 66.0 Å². The zero-order valence-corrected chi connectivity index (χ0v) is 15.9. The second kappa shape index (κ2) is 6.83. The number of pyridine rings is 1. The molecule has 4 aromatic rings. The highest BCUT2D eigenvalue weighted by atomic mass is 35.5. The van der Waals surface area contributed by atoms with Gasteiger partial charge in [0.15, 0.2) is 5.82 Å². The summed E-state index contributed by atoms with van der Waals surface area (Å²) in [6.07, 6.45) is 3.18. The molecular formula is C20H18ClFN4O2. The lowest BCUT2D eigenvalue weighted by Crippen LogP contribution is -2.27. The molecule has 1 saturated heterocycles. The summed E-state index contributed by atoms with van der Waals surface area (Å²) < 4.78 is 28.0. The van der Waals surface area contributed by atoms with Crippen LogP contribution in [0.5, 0.6) is 0 Å². The largest absolute Gasteiger partial charge is 0.378 e. The van der Waals surface area contributed by atoms with Gasteiger partial charge in [0, 0.05) is 29.1 Å². The Labute approximate surface area is 165 Å². The van der Waals surface area contributed by atoms with Crippen LogP contribution in [-0.4, -0.2) is 32.4 Å². The molecular weight excluding hydrogens is 383 g/mol. The Kier molecular flexibility index (Phi) is 4.29. The molecule has 28 heavy (non-hydrogen) atoms. The van der Waals surface area contributed by atoms with Crippen LogP contribution < -0.4 is 0 Å². The molecule has 0 bridgehead atoms. The quantitative estimate of drug-likeness (QED) is 0.482. The summed E-state index contributed by atoms with van der Waals surface area (Å²) in [6, 6.07) is 7.10. The minimum atomic E-state index is -1.50. The van der Waals surface area contributed by atoms with Crippen LogP contribution in [0.15, 0.2) is 41.2 Å². The zero-order valence-electron chi connectivity index (χ0n) is 15.2. The van der Waals surface area contributed by atoms with Crippen molar-refractivity contribution in [3.8, 4) is 0 Å². The summed E-state index contributed by atoms with van der Waals surface area (Å²) in [6.45, 7) is 2.65. The van der Waals surface area contributed by atoms with Crippen molar-refractivity contribution in [2.45, 2.75) is 38.1 Å². The van der Waals surface area contributed by atoms with Crippen LogP contribution in [0.2, 0.25) is 5.02 Å². The third-order valence-corrected chi connectivity index (χ3v) is 5.51. The van der Waals surface area contributed by atoms with Crippen molar-refractivity contribution < 1.29 is 13.7 Å². The number of fused-ring (bicyclic) bond motifs is 3. The molecule has 0 aliphatic carbocycles. The van der Waals surface area contributed by atoms with Crippen LogP contribution in [0.1, 0.15) is 43.5 Å². The third-order valence-electron chi connectivity index (χ3n) is 5.27. The van der Waals surface area contributed by atoms with Gasteiger partial charge in [-0.05, 0) is 38.0 Å². The molecule has 8 heteroatoms. The van der Waals surface area contributed by atoms with Gasteiger partial charge in [-0.2, -0.15) is 0 Å². The molecule has 1 aromatic carbocycles. The highest BCUT2D eigenvalue weighted by Gasteiger charge is 2.31. The standard InChI is InChI=1S/C20H18ClFN4O2/c1-11-8-13(4-6-27-11)26-19-14-9-12(21)2-3-15(14)23-10-17(19)24-20(26)18(22)16-5-7-28-25-16/h2-3,5,7,9-11,13,18H,4,6,8H2,1H3/t11-,13?,18?/m1/s1. The Morgan fingerprint density at radius 3 is 2.96 bits per heavy atom. The Morgan fingerprint density at radius 1 is 1.29 bits per heavy atom. The number of halogens is 2. The first-order valence-corrected chi connectivity index (χ1v) is 9.61. The van der Waals surface area contributed by atoms with Crippen LogP contribution >= 0.6 is 11.6 Å². The van der Waals surface area contributed by atoms with Crippen LogP contribution in [0, 0.1) is 0 Å². The Morgan fingerprint density at radius 2 is 2.18 bits per heavy atom. The summed E-state index contributed by atoms with van der Waals surface area (Å²) in [7, 11) is 0. The number of hydrogen-bond acceptors (Lipinski definition) is 5. The van der Waals surface area contributed by atoms with Gasteiger partial charge in [-0.3, -0.25) is 4.98 Å². The van der Waals surface area contributed by atoms with Gasteiger partial charge in [-0.25, -0.2) is 9.37 Å². The van der Waals surface area contributed by atoms with E-state index in [2.05, 4.69) is 15.1 Å². The molecule has 1 fully saturated rings. The van der Waals surface area contributed by atoms with E-state index in [1.165, 1.54) is 12.3 Å². The van der Waals surface area contributed by atoms with E-state index >= 15 is 4.39 Å². The first-order chi connectivity index (χ1) is 13.6. The minimum Gasteiger partial charge on any atom is -0.378 e. The fraction of sp³-hybridized carbons (Fsp3) is 0.350. The fourth-order valence-electron chi connectivity index (χ4n) is 4.01. The van der Waals surface area contributed by atoms with E-state index in [1.54, 1.807) is 12.3 Å². The van der Waals surface area contributed by atoms with Gasteiger partial charge in [0.1, 0.15) is 17.5 Å². The number of ether oxygens (including phenoxy) is 1. The Hall–Kier alpha value is -2.51. The molecule has 0 radical (unpaired) electrons. The second-order valence-corrected chi connectivity index (χ2v) is 7.58. The molecule has 3 atom stereocenters. The molecule has 0 spiro atoms. The van der Waals surface area contributed by atoms with E-state index in [0.717, 1.165) is 29.3 Å². The minimum absolute atomic E-state index is 0.0542. The molecule has 0 saturated carbocycles. The summed E-state index contributed by atoms with van der Waals surface area (Å²) in [4.78, 5) is 9.08. The lowest BCUT2D eigenvalue weighted by atomic mass is 10.0. The van der Waals surface area contributed by atoms with E-state index < -0.39 is 6.17 Å². The molecule has 144 valence electrons. The Bertz CT molecular complexity index is 1140. The van der Waals surface area contributed by atoms with E-state index in [4.69, 9.17) is 20.9 Å². The van der Waals surface area contributed by atoms with Crippen LogP contribution in [0.25, 0.3) is 21.9 Å². The number of hydrogen-bond donors (Lipinski definition) is 0. The van der Waals surface area contributed by atoms with Gasteiger partial charge in [0.25, 0.3) is 0 Å². The van der Waals surface area contributed by atoms with Crippen LogP contribution in [-0.2, 0) is 4.74 Å². The van der Waals surface area contributed by atoms with Crippen molar-refractivity contribution >= 4 is 33.5 Å². The predicted molar refractivity (Wildman–Crippen MR) is 103 cm³/mol. The number of rotatable bonds is 3. The number of alkyl halides is 1. The van der Waals surface area contributed by atoms with E-state index in [0.29, 0.717) is 23.0 Å². The van der Waals surface area contributed by atoms with E-state index in [1.807, 2.05) is 23.6 Å². The lowest BCUT2D eigenvalue weighted by Gasteiger charge is -2.30. The molecule has 5 rings (SSSR count). The van der Waals surface area contributed by atoms with Crippen molar-refractivity contribution in [2.75, 3.05) is 6.61 Å². The zero-order chi connectivity index (χ0) is 19.3. The van der Waals surface area contributed by atoms with E-state index in [9.17, 15) is 0 Å². The summed E-state index contributed by atoms with van der Waals surface area (Å²) in [5, 5.41) is 5.23. The van der Waals surface area contributed by atoms with Crippen molar-refractivity contribution in [3.05, 3.63) is 53.3 Å². The van der Waals surface area contributed by atoms with Gasteiger partial charge in [-0.1, -0.05) is 16.8 Å². The monoisotopic (exact) mass is 400 g/mol. The molecule has 1 aliphatic heterocycles. The maximum Gasteiger partial charge on any atom is 0.203 e. The van der Waals surface area contributed by atoms with Crippen LogP contribution in [0.4, 0.5) is 4.39 Å². The summed E-state index contributed by atoms with van der Waals surface area (Å²) in [5.74, 6) is 0.303. The average Bonchev–Trinajstić information content (AvgIpc) is 3.35. The molecule has 0 N–H and O–H groups in total. The third kappa shape index (κ3) is 2.86. The highest BCUT2D eigenvalue weighted by Crippen LogP contribution is 2.37. The number of aromatic nitrogens is 4. The van der Waals surface area contributed by atoms with Crippen molar-refractivity contribution in [2.24, 2.45) is 0 Å². The fourth-order valence-corrected chi connectivity index (χ4v) is 4.18. The number of imidazole rings is 1. The molecule has 0 amide bonds. The molecule has 2 unspecified atom stereocenters. The summed E-state index contributed by atoms with van der Waals surface area (Å²) >= 11 is 6.26. The van der Waals surface area contributed by atoms with Gasteiger partial charge >= 0.3 is 0 Å². The number of nitrogens with zero attached hydrogens (tertiary/aromatic N) is 4. The summed E-state index contributed by atoms with van der Waals surface area (Å²) in [5.41, 5.74) is 2.47. The van der Waals surface area contributed by atoms with Crippen molar-refractivity contribution in [1.82, 2.24) is 19.7 Å². The number of benzene rings is 1. The molecule has 1 aliphatic rings. The maximum absolute atomic E-state index is 15.4. The average molecular weight is 401 g/mol. The molecule has 3 aromatic heterocycles. The first kappa shape index (κ1) is 17.6. The van der Waals surface area contributed by atoms with Gasteiger partial charge < -0.3 is 13.8 Å². The van der Waals surface area contributed by atoms with Crippen molar-refractivity contribution in [3.63, 3.8) is 0 Å². The SMILES string of the molecule is C[C@@H]1CC(n2c(C(F)c3ccon3)nc3cnc4ccc(Cl)cc4c32)CCO1. The van der Waals surface area contributed by atoms with E-state index in [-0.39, 0.29) is 17.8 Å². The smallest absolute Gasteiger partial charge is 0.203 e. The lowest BCUT2D eigenvalue weighted by molar-refractivity contribution is 0.00574. The first-order valence-electron chi connectivity index (χ1n) is 9.24. The normalized spacial score (nSPS) is 21.4. The van der Waals surface area contributed by atoms with Gasteiger partial charge in [-0.15, -0.1) is 0 Å². The van der Waals surface area contributed by atoms with Crippen LogP contribution in [0.3, 0.4) is 0 Å². The maximum atomic E-state index is 15.4. The highest BCUT2D eigenvalue weighted by molar-refractivity contribution is 6.31.